The number of rotatable bonds is 15. The molecule has 0 fully saturated rings. The molecule has 0 amide bonds. The van der Waals surface area contributed by atoms with Gasteiger partial charge in [0.1, 0.15) is 13.2 Å². The number of methoxy groups -OCH3 is 1. The molecule has 0 aliphatic heterocycles. The van der Waals surface area contributed by atoms with Crippen LogP contribution in [0.4, 0.5) is 0 Å². The number of benzene rings is 1. The lowest BCUT2D eigenvalue weighted by Crippen LogP contribution is -2.33. The summed E-state index contributed by atoms with van der Waals surface area (Å²) in [5.74, 6) is -0.363. The molecular formula is C24H37NO8. The monoisotopic (exact) mass is 467 g/mol. The summed E-state index contributed by atoms with van der Waals surface area (Å²) in [6.07, 6.45) is 3.21. The Hall–Kier alpha value is -2.62. The highest BCUT2D eigenvalue weighted by Crippen LogP contribution is 2.36. The number of hydrogen-bond acceptors (Lipinski definition) is 9. The van der Waals surface area contributed by atoms with Gasteiger partial charge in [-0.1, -0.05) is 11.6 Å². The molecule has 1 aromatic rings. The van der Waals surface area contributed by atoms with Crippen molar-refractivity contribution in [3.8, 4) is 11.5 Å². The van der Waals surface area contributed by atoms with E-state index in [1.54, 1.807) is 0 Å². The zero-order chi connectivity index (χ0) is 24.8. The lowest BCUT2D eigenvalue weighted by atomic mass is 9.97. The molecule has 9 heteroatoms. The number of hydrogen-bond donors (Lipinski definition) is 3. The van der Waals surface area contributed by atoms with Gasteiger partial charge in [-0.25, -0.2) is 0 Å². The topological polar surface area (TPSA) is 126 Å². The summed E-state index contributed by atoms with van der Waals surface area (Å²) in [6.45, 7) is 6.64. The Morgan fingerprint density at radius 2 is 1.73 bits per heavy atom. The van der Waals surface area contributed by atoms with Crippen LogP contribution in [-0.2, 0) is 32.1 Å². The molecule has 0 spiro atoms. The fourth-order valence-corrected chi connectivity index (χ4v) is 3.32. The second-order valence-corrected chi connectivity index (χ2v) is 7.74. The van der Waals surface area contributed by atoms with E-state index in [9.17, 15) is 14.7 Å². The Balaban J connectivity index is 2.67. The molecular weight excluding hydrogens is 430 g/mol. The Kier molecular flexibility index (Phi) is 13.1. The molecule has 0 saturated heterocycles. The average molecular weight is 468 g/mol. The van der Waals surface area contributed by atoms with Gasteiger partial charge in [-0.2, -0.15) is 0 Å². The second-order valence-electron chi connectivity index (χ2n) is 7.74. The maximum Gasteiger partial charge on any atom is 0.306 e. The predicted molar refractivity (Wildman–Crippen MR) is 123 cm³/mol. The van der Waals surface area contributed by atoms with E-state index in [4.69, 9.17) is 24.4 Å². The molecule has 0 saturated carbocycles. The molecule has 33 heavy (non-hydrogen) atoms. The first-order valence-corrected chi connectivity index (χ1v) is 11.0. The molecule has 1 rings (SSSR count). The first-order valence-electron chi connectivity index (χ1n) is 11.0. The molecule has 1 aromatic carbocycles. The number of allylic oxidation sites excluding steroid dienone is 2. The van der Waals surface area contributed by atoms with E-state index < -0.39 is 5.97 Å². The Morgan fingerprint density at radius 1 is 1.06 bits per heavy atom. The maximum atomic E-state index is 12.0. The molecule has 186 valence electrons. The van der Waals surface area contributed by atoms with Crippen LogP contribution in [0.2, 0.25) is 0 Å². The number of carbonyl (C=O) groups excluding carboxylic acids is 2. The number of carbonyl (C=O) groups is 2. The van der Waals surface area contributed by atoms with E-state index in [0.717, 1.165) is 16.7 Å². The molecule has 0 atom stereocenters. The molecule has 9 nitrogen and oxygen atoms in total. The molecule has 3 N–H and O–H groups in total. The van der Waals surface area contributed by atoms with Crippen LogP contribution < -0.4 is 4.74 Å². The van der Waals surface area contributed by atoms with E-state index in [1.807, 2.05) is 24.8 Å². The highest BCUT2D eigenvalue weighted by Gasteiger charge is 2.16. The largest absolute Gasteiger partial charge is 0.504 e. The van der Waals surface area contributed by atoms with Crippen LogP contribution in [0.3, 0.4) is 0 Å². The number of aliphatic hydroxyl groups excluding tert-OH is 2. The van der Waals surface area contributed by atoms with E-state index in [1.165, 1.54) is 20.1 Å². The zero-order valence-electron chi connectivity index (χ0n) is 20.1. The van der Waals surface area contributed by atoms with Crippen molar-refractivity contribution in [2.75, 3.05) is 46.6 Å². The third kappa shape index (κ3) is 10.2. The minimum absolute atomic E-state index is 0.0212. The molecule has 0 aromatic heterocycles. The van der Waals surface area contributed by atoms with Gasteiger partial charge in [0.15, 0.2) is 11.5 Å². The fourth-order valence-electron chi connectivity index (χ4n) is 3.32. The number of aliphatic hydroxyl groups is 2. The first-order chi connectivity index (χ1) is 15.7. The van der Waals surface area contributed by atoms with Crippen molar-refractivity contribution in [2.24, 2.45) is 0 Å². The van der Waals surface area contributed by atoms with Gasteiger partial charge in [0, 0.05) is 38.5 Å². The van der Waals surface area contributed by atoms with Crippen molar-refractivity contribution in [1.29, 1.82) is 0 Å². The average Bonchev–Trinajstić information content (AvgIpc) is 2.77. The van der Waals surface area contributed by atoms with Crippen molar-refractivity contribution in [1.82, 2.24) is 4.90 Å². The maximum absolute atomic E-state index is 12.0. The summed E-state index contributed by atoms with van der Waals surface area (Å²) < 4.78 is 15.7. The summed E-state index contributed by atoms with van der Waals surface area (Å²) in [6, 6.07) is 1.54. The van der Waals surface area contributed by atoms with Crippen LogP contribution in [0, 0.1) is 6.92 Å². The number of phenolic OH excluding ortho intramolecular Hbond substituents is 1. The SMILES string of the molecule is COc1c(O)cc(COC(C)=O)c(C)c1C/C=C(\C)CCC(=O)OCCN(CCO)CCO. The van der Waals surface area contributed by atoms with Gasteiger partial charge in [0.05, 0.1) is 20.3 Å². The minimum atomic E-state index is -0.400. The Labute approximate surface area is 195 Å². The van der Waals surface area contributed by atoms with Gasteiger partial charge < -0.3 is 29.5 Å². The van der Waals surface area contributed by atoms with Crippen LogP contribution in [0.15, 0.2) is 17.7 Å². The second kappa shape index (κ2) is 15.3. The number of aromatic hydroxyl groups is 1. The van der Waals surface area contributed by atoms with Crippen molar-refractivity contribution in [3.63, 3.8) is 0 Å². The smallest absolute Gasteiger partial charge is 0.306 e. The van der Waals surface area contributed by atoms with E-state index in [0.29, 0.717) is 43.8 Å². The Morgan fingerprint density at radius 3 is 2.30 bits per heavy atom. The quantitative estimate of drug-likeness (QED) is 0.262. The van der Waals surface area contributed by atoms with Gasteiger partial charge in [0.2, 0.25) is 0 Å². The standard InChI is InChI=1S/C24H37NO8/c1-17(6-8-23(30)32-14-11-25(9-12-26)10-13-27)5-7-21-18(2)20(16-33-19(3)28)15-22(29)24(21)31-4/h5,15,26-27,29H,6-14,16H2,1-4H3/b17-5+. The van der Waals surface area contributed by atoms with Crippen LogP contribution in [-0.4, -0.2) is 78.7 Å². The number of ether oxygens (including phenoxy) is 3. The van der Waals surface area contributed by atoms with Gasteiger partial charge in [0.25, 0.3) is 0 Å². The summed E-state index contributed by atoms with van der Waals surface area (Å²) in [7, 11) is 1.48. The number of nitrogens with zero attached hydrogens (tertiary/aromatic N) is 1. The molecule has 0 aliphatic carbocycles. The van der Waals surface area contributed by atoms with Crippen molar-refractivity contribution in [2.45, 2.75) is 46.6 Å². The van der Waals surface area contributed by atoms with Crippen LogP contribution >= 0.6 is 0 Å². The highest BCUT2D eigenvalue weighted by molar-refractivity contribution is 5.69. The molecule has 0 bridgehead atoms. The lowest BCUT2D eigenvalue weighted by molar-refractivity contribution is -0.144. The molecule has 0 unspecified atom stereocenters. The third-order valence-electron chi connectivity index (χ3n) is 5.27. The first kappa shape index (κ1) is 28.4. The summed E-state index contributed by atoms with van der Waals surface area (Å²) in [4.78, 5) is 25.0. The summed E-state index contributed by atoms with van der Waals surface area (Å²) in [5, 5.41) is 28.3. The minimum Gasteiger partial charge on any atom is -0.504 e. The highest BCUT2D eigenvalue weighted by atomic mass is 16.5. The van der Waals surface area contributed by atoms with E-state index in [2.05, 4.69) is 0 Å². The van der Waals surface area contributed by atoms with Crippen molar-refractivity contribution >= 4 is 11.9 Å². The summed E-state index contributed by atoms with van der Waals surface area (Å²) >= 11 is 0. The van der Waals surface area contributed by atoms with Crippen LogP contribution in [0.1, 0.15) is 43.4 Å². The van der Waals surface area contributed by atoms with Crippen LogP contribution in [0.25, 0.3) is 0 Å². The Bertz CT molecular complexity index is 800. The zero-order valence-corrected chi connectivity index (χ0v) is 20.1. The molecule has 0 aliphatic rings. The van der Waals surface area contributed by atoms with Gasteiger partial charge >= 0.3 is 11.9 Å². The van der Waals surface area contributed by atoms with Gasteiger partial charge in [-0.15, -0.1) is 0 Å². The van der Waals surface area contributed by atoms with E-state index in [-0.39, 0.29) is 44.6 Å². The molecule has 0 radical (unpaired) electrons. The number of phenols is 1. The summed E-state index contributed by atoms with van der Waals surface area (Å²) in [5.41, 5.74) is 3.34. The van der Waals surface area contributed by atoms with Crippen molar-refractivity contribution < 1.29 is 39.1 Å². The van der Waals surface area contributed by atoms with Gasteiger partial charge in [-0.3, -0.25) is 14.5 Å². The molecule has 0 heterocycles. The van der Waals surface area contributed by atoms with E-state index >= 15 is 0 Å². The lowest BCUT2D eigenvalue weighted by Gasteiger charge is -2.19. The van der Waals surface area contributed by atoms with Crippen LogP contribution in [0.5, 0.6) is 11.5 Å². The third-order valence-corrected chi connectivity index (χ3v) is 5.27. The van der Waals surface area contributed by atoms with Gasteiger partial charge in [-0.05, 0) is 43.9 Å². The fraction of sp³-hybridized carbons (Fsp3) is 0.583. The van der Waals surface area contributed by atoms with Crippen molar-refractivity contribution in [3.05, 3.63) is 34.4 Å². The number of esters is 2. The predicted octanol–water partition coefficient (Wildman–Crippen LogP) is 1.87. The normalized spacial score (nSPS) is 11.5.